The molecule has 0 bridgehead atoms. The van der Waals surface area contributed by atoms with E-state index in [4.69, 9.17) is 0 Å². The lowest BCUT2D eigenvalue weighted by molar-refractivity contribution is 0.00663. The molecule has 0 aromatic heterocycles. The Kier molecular flexibility index (Phi) is 5.42. The summed E-state index contributed by atoms with van der Waals surface area (Å²) in [5, 5.41) is 10.1. The SMILES string of the molecule is CCC(C)C(O)CN(C)CC1(N(C)C)CCC1. The molecular formula is C14H30N2O. The predicted octanol–water partition coefficient (Wildman–Crippen LogP) is 1.81. The fourth-order valence-corrected chi connectivity index (χ4v) is 2.67. The van der Waals surface area contributed by atoms with E-state index in [1.54, 1.807) is 0 Å². The molecule has 3 nitrogen and oxygen atoms in total. The van der Waals surface area contributed by atoms with Gasteiger partial charge in [0.05, 0.1) is 6.10 Å². The number of rotatable bonds is 7. The normalized spacial score (nSPS) is 22.6. The molecule has 17 heavy (non-hydrogen) atoms. The maximum absolute atomic E-state index is 10.1. The summed E-state index contributed by atoms with van der Waals surface area (Å²) in [7, 11) is 6.49. The van der Waals surface area contributed by atoms with Gasteiger partial charge in [0.2, 0.25) is 0 Å². The topological polar surface area (TPSA) is 26.7 Å². The third-order valence-corrected chi connectivity index (χ3v) is 4.60. The summed E-state index contributed by atoms with van der Waals surface area (Å²) in [6.45, 7) is 6.14. The molecule has 102 valence electrons. The molecule has 1 aliphatic rings. The quantitative estimate of drug-likeness (QED) is 0.737. The van der Waals surface area contributed by atoms with Gasteiger partial charge in [-0.05, 0) is 46.3 Å². The van der Waals surface area contributed by atoms with Crippen LogP contribution in [0.1, 0.15) is 39.5 Å². The Balaban J connectivity index is 2.40. The summed E-state index contributed by atoms with van der Waals surface area (Å²) in [5.41, 5.74) is 0.365. The molecule has 0 spiro atoms. The van der Waals surface area contributed by atoms with Gasteiger partial charge in [-0.2, -0.15) is 0 Å². The van der Waals surface area contributed by atoms with Crippen molar-refractivity contribution in [2.75, 3.05) is 34.2 Å². The van der Waals surface area contributed by atoms with E-state index in [9.17, 15) is 5.11 Å². The van der Waals surface area contributed by atoms with Gasteiger partial charge in [0, 0.05) is 18.6 Å². The van der Waals surface area contributed by atoms with Crippen LogP contribution >= 0.6 is 0 Å². The summed E-state index contributed by atoms with van der Waals surface area (Å²) in [6.07, 6.45) is 4.80. The van der Waals surface area contributed by atoms with Crippen LogP contribution in [0, 0.1) is 5.92 Å². The van der Waals surface area contributed by atoms with E-state index >= 15 is 0 Å². The lowest BCUT2D eigenvalue weighted by atomic mass is 9.75. The third-order valence-electron chi connectivity index (χ3n) is 4.60. The summed E-state index contributed by atoms with van der Waals surface area (Å²) in [5.74, 6) is 0.397. The molecule has 1 rings (SSSR count). The van der Waals surface area contributed by atoms with Crippen molar-refractivity contribution >= 4 is 0 Å². The number of hydrogen-bond donors (Lipinski definition) is 1. The Morgan fingerprint density at radius 2 is 1.82 bits per heavy atom. The first-order valence-electron chi connectivity index (χ1n) is 6.95. The zero-order valence-corrected chi connectivity index (χ0v) is 12.2. The van der Waals surface area contributed by atoms with Gasteiger partial charge in [0.1, 0.15) is 0 Å². The molecule has 1 saturated carbocycles. The highest BCUT2D eigenvalue weighted by Crippen LogP contribution is 2.36. The van der Waals surface area contributed by atoms with E-state index in [1.807, 2.05) is 0 Å². The molecular weight excluding hydrogens is 212 g/mol. The third kappa shape index (κ3) is 3.67. The molecule has 0 aliphatic heterocycles. The second kappa shape index (κ2) is 6.17. The number of likely N-dealkylation sites (N-methyl/N-ethyl adjacent to an activating group) is 2. The number of aliphatic hydroxyl groups is 1. The van der Waals surface area contributed by atoms with Gasteiger partial charge in [0.25, 0.3) is 0 Å². The van der Waals surface area contributed by atoms with Crippen molar-refractivity contribution in [3.05, 3.63) is 0 Å². The largest absolute Gasteiger partial charge is 0.392 e. The second-order valence-corrected chi connectivity index (χ2v) is 6.12. The molecule has 1 aliphatic carbocycles. The highest BCUT2D eigenvalue weighted by Gasteiger charge is 2.39. The van der Waals surface area contributed by atoms with Crippen molar-refractivity contribution in [3.8, 4) is 0 Å². The first-order chi connectivity index (χ1) is 7.91. The average molecular weight is 242 g/mol. The molecule has 0 aromatic rings. The number of hydrogen-bond acceptors (Lipinski definition) is 3. The minimum atomic E-state index is -0.190. The van der Waals surface area contributed by atoms with Gasteiger partial charge in [-0.1, -0.05) is 20.3 Å². The van der Waals surface area contributed by atoms with Gasteiger partial charge in [-0.3, -0.25) is 0 Å². The van der Waals surface area contributed by atoms with Gasteiger partial charge < -0.3 is 14.9 Å². The summed E-state index contributed by atoms with van der Waals surface area (Å²) >= 11 is 0. The zero-order valence-electron chi connectivity index (χ0n) is 12.2. The van der Waals surface area contributed by atoms with Crippen molar-refractivity contribution < 1.29 is 5.11 Å². The Bertz CT molecular complexity index is 226. The van der Waals surface area contributed by atoms with Crippen molar-refractivity contribution in [2.45, 2.75) is 51.2 Å². The molecule has 2 unspecified atom stereocenters. The van der Waals surface area contributed by atoms with Crippen LogP contribution in [0.5, 0.6) is 0 Å². The smallest absolute Gasteiger partial charge is 0.0692 e. The summed E-state index contributed by atoms with van der Waals surface area (Å²) < 4.78 is 0. The summed E-state index contributed by atoms with van der Waals surface area (Å²) in [6, 6.07) is 0. The highest BCUT2D eigenvalue weighted by molar-refractivity contribution is 4.98. The fraction of sp³-hybridized carbons (Fsp3) is 1.00. The van der Waals surface area contributed by atoms with E-state index in [2.05, 4.69) is 44.8 Å². The van der Waals surface area contributed by atoms with Crippen LogP contribution in [0.2, 0.25) is 0 Å². The number of nitrogens with zero attached hydrogens (tertiary/aromatic N) is 2. The van der Waals surface area contributed by atoms with Crippen LogP contribution < -0.4 is 0 Å². The Labute approximate surface area is 107 Å². The lowest BCUT2D eigenvalue weighted by Gasteiger charge is -2.49. The van der Waals surface area contributed by atoms with E-state index in [0.29, 0.717) is 11.5 Å². The van der Waals surface area contributed by atoms with Crippen LogP contribution in [0.3, 0.4) is 0 Å². The fourth-order valence-electron chi connectivity index (χ4n) is 2.67. The predicted molar refractivity (Wildman–Crippen MR) is 73.2 cm³/mol. The van der Waals surface area contributed by atoms with Crippen LogP contribution in [0.15, 0.2) is 0 Å². The maximum Gasteiger partial charge on any atom is 0.0692 e. The van der Waals surface area contributed by atoms with Crippen LogP contribution in [0.4, 0.5) is 0 Å². The van der Waals surface area contributed by atoms with E-state index in [-0.39, 0.29) is 6.10 Å². The maximum atomic E-state index is 10.1. The van der Waals surface area contributed by atoms with Gasteiger partial charge in [-0.25, -0.2) is 0 Å². The molecule has 0 radical (unpaired) electrons. The molecule has 0 amide bonds. The molecule has 0 saturated heterocycles. The first-order valence-corrected chi connectivity index (χ1v) is 6.95. The molecule has 0 aromatic carbocycles. The van der Waals surface area contributed by atoms with Crippen molar-refractivity contribution in [1.82, 2.24) is 9.80 Å². The lowest BCUT2D eigenvalue weighted by Crippen LogP contribution is -2.57. The Hall–Kier alpha value is -0.120. The molecule has 0 heterocycles. The van der Waals surface area contributed by atoms with E-state index < -0.39 is 0 Å². The van der Waals surface area contributed by atoms with Gasteiger partial charge in [-0.15, -0.1) is 0 Å². The second-order valence-electron chi connectivity index (χ2n) is 6.12. The highest BCUT2D eigenvalue weighted by atomic mass is 16.3. The van der Waals surface area contributed by atoms with E-state index in [0.717, 1.165) is 19.5 Å². The molecule has 3 heteroatoms. The number of aliphatic hydroxyl groups excluding tert-OH is 1. The van der Waals surface area contributed by atoms with Crippen molar-refractivity contribution in [3.63, 3.8) is 0 Å². The van der Waals surface area contributed by atoms with Gasteiger partial charge >= 0.3 is 0 Å². The van der Waals surface area contributed by atoms with Crippen LogP contribution in [-0.2, 0) is 0 Å². The minimum absolute atomic E-state index is 0.190. The molecule has 2 atom stereocenters. The molecule has 1 N–H and O–H groups in total. The van der Waals surface area contributed by atoms with Crippen molar-refractivity contribution in [2.24, 2.45) is 5.92 Å². The van der Waals surface area contributed by atoms with E-state index in [1.165, 1.54) is 19.3 Å². The summed E-state index contributed by atoms with van der Waals surface area (Å²) in [4.78, 5) is 4.67. The molecule has 1 fully saturated rings. The van der Waals surface area contributed by atoms with Crippen LogP contribution in [0.25, 0.3) is 0 Å². The first kappa shape index (κ1) is 14.9. The Morgan fingerprint density at radius 3 is 2.18 bits per heavy atom. The van der Waals surface area contributed by atoms with Crippen molar-refractivity contribution in [1.29, 1.82) is 0 Å². The minimum Gasteiger partial charge on any atom is -0.392 e. The zero-order chi connectivity index (χ0) is 13.1. The Morgan fingerprint density at radius 1 is 1.24 bits per heavy atom. The average Bonchev–Trinajstić information content (AvgIpc) is 2.21. The monoisotopic (exact) mass is 242 g/mol. The standard InChI is InChI=1S/C14H30N2O/c1-6-12(2)13(17)10-16(5)11-14(15(3)4)8-7-9-14/h12-13,17H,6-11H2,1-5H3. The van der Waals surface area contributed by atoms with Gasteiger partial charge in [0.15, 0.2) is 0 Å². The van der Waals surface area contributed by atoms with Crippen LogP contribution in [-0.4, -0.2) is 60.8 Å².